The van der Waals surface area contributed by atoms with E-state index in [1.807, 2.05) is 38.1 Å². The van der Waals surface area contributed by atoms with Crippen molar-refractivity contribution in [3.05, 3.63) is 65.5 Å². The third-order valence-electron chi connectivity index (χ3n) is 4.33. The Morgan fingerprint density at radius 3 is 2.54 bits per heavy atom. The molecule has 0 spiro atoms. The fraction of sp³-hybridized carbons (Fsp3) is 0.364. The number of amides is 2. The van der Waals surface area contributed by atoms with E-state index in [1.54, 1.807) is 6.92 Å². The number of aryl methyl sites for hydroxylation is 1. The van der Waals surface area contributed by atoms with Crippen molar-refractivity contribution in [2.75, 3.05) is 13.2 Å². The molecule has 5 nitrogen and oxygen atoms in total. The molecule has 0 fully saturated rings. The Hall–Kier alpha value is -2.89. The first-order valence-corrected chi connectivity index (χ1v) is 9.41. The molecule has 0 aliphatic heterocycles. The molecule has 2 aromatic carbocycles. The molecule has 0 unspecified atom stereocenters. The summed E-state index contributed by atoms with van der Waals surface area (Å²) in [6.45, 7) is 6.27. The van der Waals surface area contributed by atoms with Crippen LogP contribution in [0.5, 0.6) is 5.75 Å². The van der Waals surface area contributed by atoms with Crippen molar-refractivity contribution in [2.45, 2.75) is 39.8 Å². The van der Waals surface area contributed by atoms with Crippen LogP contribution in [0.2, 0.25) is 0 Å². The number of carbonyl (C=O) groups is 2. The Kier molecular flexibility index (Phi) is 7.99. The van der Waals surface area contributed by atoms with Crippen molar-refractivity contribution in [3.63, 3.8) is 0 Å². The largest absolute Gasteiger partial charge is 0.484 e. The first kappa shape index (κ1) is 21.4. The summed E-state index contributed by atoms with van der Waals surface area (Å²) in [6, 6.07) is 12.6. The second-order valence-corrected chi connectivity index (χ2v) is 6.72. The predicted octanol–water partition coefficient (Wildman–Crippen LogP) is 3.46. The number of hydrogen-bond donors (Lipinski definition) is 1. The molecular weight excluding hydrogens is 359 g/mol. The lowest BCUT2D eigenvalue weighted by Gasteiger charge is -2.28. The summed E-state index contributed by atoms with van der Waals surface area (Å²) in [5.74, 6) is -0.496. The fourth-order valence-corrected chi connectivity index (χ4v) is 2.74. The van der Waals surface area contributed by atoms with Crippen molar-refractivity contribution < 1.29 is 18.7 Å². The van der Waals surface area contributed by atoms with Crippen LogP contribution in [-0.4, -0.2) is 35.9 Å². The van der Waals surface area contributed by atoms with E-state index in [9.17, 15) is 14.0 Å². The maximum absolute atomic E-state index is 13.0. The second-order valence-electron chi connectivity index (χ2n) is 6.72. The Labute approximate surface area is 165 Å². The highest BCUT2D eigenvalue weighted by Gasteiger charge is 2.26. The molecule has 0 aliphatic rings. The number of carbonyl (C=O) groups excluding carboxylic acids is 2. The fourth-order valence-electron chi connectivity index (χ4n) is 2.74. The SMILES string of the molecule is CCCNC(=O)[C@@H](C)N(Cc1cccc(C)c1)C(=O)COc1ccc(F)cc1. The van der Waals surface area contributed by atoms with Crippen LogP contribution < -0.4 is 10.1 Å². The average Bonchev–Trinajstić information content (AvgIpc) is 2.69. The Morgan fingerprint density at radius 2 is 1.89 bits per heavy atom. The number of nitrogens with zero attached hydrogens (tertiary/aromatic N) is 1. The molecule has 0 bridgehead atoms. The molecule has 0 heterocycles. The maximum Gasteiger partial charge on any atom is 0.261 e. The molecule has 6 heteroatoms. The summed E-state index contributed by atoms with van der Waals surface area (Å²) in [5, 5.41) is 2.83. The van der Waals surface area contributed by atoms with Gasteiger partial charge in [-0.2, -0.15) is 0 Å². The lowest BCUT2D eigenvalue weighted by Crippen LogP contribution is -2.49. The van der Waals surface area contributed by atoms with Gasteiger partial charge in [0.2, 0.25) is 5.91 Å². The number of nitrogens with one attached hydrogen (secondary N) is 1. The molecule has 2 rings (SSSR count). The van der Waals surface area contributed by atoms with Crippen LogP contribution in [0.1, 0.15) is 31.4 Å². The van der Waals surface area contributed by atoms with Gasteiger partial charge in [0, 0.05) is 13.1 Å². The van der Waals surface area contributed by atoms with Crippen molar-refractivity contribution in [2.24, 2.45) is 0 Å². The number of rotatable bonds is 9. The van der Waals surface area contributed by atoms with Crippen molar-refractivity contribution in [1.82, 2.24) is 10.2 Å². The molecule has 28 heavy (non-hydrogen) atoms. The maximum atomic E-state index is 13.0. The van der Waals surface area contributed by atoms with E-state index in [4.69, 9.17) is 4.74 Å². The van der Waals surface area contributed by atoms with E-state index in [-0.39, 0.29) is 24.2 Å². The van der Waals surface area contributed by atoms with E-state index >= 15 is 0 Å². The molecule has 0 saturated heterocycles. The molecule has 2 aromatic rings. The van der Waals surface area contributed by atoms with Crippen LogP contribution in [0.25, 0.3) is 0 Å². The molecule has 0 aliphatic carbocycles. The van der Waals surface area contributed by atoms with Crippen molar-refractivity contribution in [3.8, 4) is 5.75 Å². The minimum absolute atomic E-state index is 0.204. The van der Waals surface area contributed by atoms with Crippen LogP contribution in [0, 0.1) is 12.7 Å². The minimum atomic E-state index is -0.642. The van der Waals surface area contributed by atoms with E-state index < -0.39 is 6.04 Å². The third kappa shape index (κ3) is 6.37. The van der Waals surface area contributed by atoms with E-state index in [0.717, 1.165) is 17.5 Å². The van der Waals surface area contributed by atoms with Gasteiger partial charge in [0.15, 0.2) is 6.61 Å². The van der Waals surface area contributed by atoms with Gasteiger partial charge in [0.05, 0.1) is 0 Å². The third-order valence-corrected chi connectivity index (χ3v) is 4.33. The summed E-state index contributed by atoms with van der Waals surface area (Å²) in [6.07, 6.45) is 0.817. The van der Waals surface area contributed by atoms with Gasteiger partial charge < -0.3 is 15.0 Å². The highest BCUT2D eigenvalue weighted by molar-refractivity contribution is 5.87. The molecular formula is C22H27FN2O3. The van der Waals surface area contributed by atoms with Gasteiger partial charge in [-0.15, -0.1) is 0 Å². The Balaban J connectivity index is 2.12. The molecule has 1 N–H and O–H groups in total. The van der Waals surface area contributed by atoms with E-state index in [1.165, 1.54) is 29.2 Å². The smallest absolute Gasteiger partial charge is 0.261 e. The van der Waals surface area contributed by atoms with Crippen molar-refractivity contribution in [1.29, 1.82) is 0 Å². The summed E-state index contributed by atoms with van der Waals surface area (Å²) >= 11 is 0. The van der Waals surface area contributed by atoms with Gasteiger partial charge in [-0.3, -0.25) is 9.59 Å². The molecule has 2 amide bonds. The summed E-state index contributed by atoms with van der Waals surface area (Å²) < 4.78 is 18.5. The average molecular weight is 386 g/mol. The Morgan fingerprint density at radius 1 is 1.18 bits per heavy atom. The van der Waals surface area contributed by atoms with Crippen molar-refractivity contribution >= 4 is 11.8 Å². The highest BCUT2D eigenvalue weighted by atomic mass is 19.1. The van der Waals surface area contributed by atoms with Crippen LogP contribution in [-0.2, 0) is 16.1 Å². The molecule has 0 saturated carbocycles. The zero-order valence-corrected chi connectivity index (χ0v) is 16.6. The monoisotopic (exact) mass is 386 g/mol. The lowest BCUT2D eigenvalue weighted by molar-refractivity contribution is -0.142. The second kappa shape index (κ2) is 10.4. The first-order chi connectivity index (χ1) is 13.4. The number of benzene rings is 2. The Bertz CT molecular complexity index is 793. The first-order valence-electron chi connectivity index (χ1n) is 9.41. The normalized spacial score (nSPS) is 11.6. The van der Waals surface area contributed by atoms with Gasteiger partial charge in [-0.25, -0.2) is 4.39 Å². The molecule has 0 radical (unpaired) electrons. The van der Waals surface area contributed by atoms with E-state index in [2.05, 4.69) is 5.32 Å². The van der Waals surface area contributed by atoms with Crippen LogP contribution in [0.3, 0.4) is 0 Å². The number of halogens is 1. The van der Waals surface area contributed by atoms with E-state index in [0.29, 0.717) is 18.8 Å². The molecule has 0 aromatic heterocycles. The van der Waals surface area contributed by atoms with Gasteiger partial charge in [-0.05, 0) is 50.1 Å². The predicted molar refractivity (Wildman–Crippen MR) is 106 cm³/mol. The zero-order valence-electron chi connectivity index (χ0n) is 16.6. The lowest BCUT2D eigenvalue weighted by atomic mass is 10.1. The summed E-state index contributed by atoms with van der Waals surface area (Å²) in [4.78, 5) is 26.8. The molecule has 1 atom stereocenters. The summed E-state index contributed by atoms with van der Waals surface area (Å²) in [7, 11) is 0. The standard InChI is InChI=1S/C22H27FN2O3/c1-4-12-24-22(27)17(3)25(14-18-7-5-6-16(2)13-18)21(26)15-28-20-10-8-19(23)9-11-20/h5-11,13,17H,4,12,14-15H2,1-3H3,(H,24,27)/t17-/m1/s1. The van der Waals surface area contributed by atoms with Crippen LogP contribution in [0.15, 0.2) is 48.5 Å². The van der Waals surface area contributed by atoms with Gasteiger partial charge in [-0.1, -0.05) is 36.8 Å². The van der Waals surface area contributed by atoms with Gasteiger partial charge in [0.1, 0.15) is 17.6 Å². The molecule has 150 valence electrons. The van der Waals surface area contributed by atoms with Crippen LogP contribution in [0.4, 0.5) is 4.39 Å². The van der Waals surface area contributed by atoms with Gasteiger partial charge in [0.25, 0.3) is 5.91 Å². The number of ether oxygens (including phenoxy) is 1. The summed E-state index contributed by atoms with van der Waals surface area (Å²) in [5.41, 5.74) is 2.01. The highest BCUT2D eigenvalue weighted by Crippen LogP contribution is 2.14. The topological polar surface area (TPSA) is 58.6 Å². The zero-order chi connectivity index (χ0) is 20.5. The quantitative estimate of drug-likeness (QED) is 0.718. The van der Waals surface area contributed by atoms with Crippen LogP contribution >= 0.6 is 0 Å². The van der Waals surface area contributed by atoms with Gasteiger partial charge >= 0.3 is 0 Å². The minimum Gasteiger partial charge on any atom is -0.484 e. The number of hydrogen-bond acceptors (Lipinski definition) is 3.